The van der Waals surface area contributed by atoms with Crippen LogP contribution in [-0.4, -0.2) is 25.2 Å². The monoisotopic (exact) mass is 520 g/mol. The summed E-state index contributed by atoms with van der Waals surface area (Å²) >= 11 is 0. The minimum Gasteiger partial charge on any atom is -0.493 e. The van der Waals surface area contributed by atoms with E-state index in [4.69, 9.17) is 9.47 Å². The Morgan fingerprint density at radius 3 is 2.41 bits per heavy atom. The van der Waals surface area contributed by atoms with Crippen molar-refractivity contribution in [3.05, 3.63) is 107 Å². The number of amides is 1. The number of carbonyl (C=O) groups excluding carboxylic acids is 2. The zero-order chi connectivity index (χ0) is 27.6. The maximum Gasteiger partial charge on any atom is 0.344 e. The van der Waals surface area contributed by atoms with Crippen molar-refractivity contribution in [3.63, 3.8) is 0 Å². The first-order valence-corrected chi connectivity index (χ1v) is 13.1. The zero-order valence-corrected chi connectivity index (χ0v) is 22.6. The van der Waals surface area contributed by atoms with Crippen molar-refractivity contribution in [2.45, 2.75) is 38.5 Å². The molecule has 0 unspecified atom stereocenters. The largest absolute Gasteiger partial charge is 0.493 e. The molecule has 1 fully saturated rings. The number of hydrazone groups is 1. The SMILES string of the molecule is COc1cc(/C=N/NC(=O)[C@@H]2C[C@@H]2c2ccc(C(C)(C)C)cc2)ccc1OC(=O)c1cccc2ccccc12. The van der Waals surface area contributed by atoms with Crippen LogP contribution in [0.5, 0.6) is 11.5 Å². The molecule has 5 rings (SSSR count). The van der Waals surface area contributed by atoms with Gasteiger partial charge in [0, 0.05) is 5.92 Å². The van der Waals surface area contributed by atoms with Crippen molar-refractivity contribution in [2.24, 2.45) is 11.0 Å². The van der Waals surface area contributed by atoms with Gasteiger partial charge in [-0.1, -0.05) is 81.4 Å². The quantitative estimate of drug-likeness (QED) is 0.129. The van der Waals surface area contributed by atoms with Crippen molar-refractivity contribution >= 4 is 28.9 Å². The molecule has 1 aliphatic rings. The van der Waals surface area contributed by atoms with E-state index in [1.54, 1.807) is 30.5 Å². The van der Waals surface area contributed by atoms with Gasteiger partial charge in [-0.2, -0.15) is 5.10 Å². The van der Waals surface area contributed by atoms with E-state index in [9.17, 15) is 9.59 Å². The average molecular weight is 521 g/mol. The highest BCUT2D eigenvalue weighted by Crippen LogP contribution is 2.47. The Bertz CT molecular complexity index is 1550. The molecule has 39 heavy (non-hydrogen) atoms. The predicted molar refractivity (Wildman–Crippen MR) is 154 cm³/mol. The molecule has 1 saturated carbocycles. The molecule has 0 spiro atoms. The van der Waals surface area contributed by atoms with E-state index >= 15 is 0 Å². The van der Waals surface area contributed by atoms with E-state index in [2.05, 4.69) is 55.6 Å². The summed E-state index contributed by atoms with van der Waals surface area (Å²) in [6, 6.07) is 26.9. The molecule has 1 N–H and O–H groups in total. The fraction of sp³-hybridized carbons (Fsp3) is 0.242. The number of rotatable bonds is 7. The Kier molecular flexibility index (Phi) is 7.20. The van der Waals surface area contributed by atoms with Crippen molar-refractivity contribution < 1.29 is 19.1 Å². The van der Waals surface area contributed by atoms with Crippen molar-refractivity contribution in [1.82, 2.24) is 5.43 Å². The molecule has 0 heterocycles. The number of benzene rings is 4. The van der Waals surface area contributed by atoms with Gasteiger partial charge in [-0.15, -0.1) is 0 Å². The van der Waals surface area contributed by atoms with Crippen LogP contribution in [-0.2, 0) is 10.2 Å². The maximum absolute atomic E-state index is 12.9. The minimum atomic E-state index is -0.467. The van der Waals surface area contributed by atoms with Gasteiger partial charge < -0.3 is 9.47 Å². The number of methoxy groups -OCH3 is 1. The lowest BCUT2D eigenvalue weighted by molar-refractivity contribution is -0.122. The first kappa shape index (κ1) is 26.2. The zero-order valence-electron chi connectivity index (χ0n) is 22.6. The maximum atomic E-state index is 12.9. The van der Waals surface area contributed by atoms with Crippen LogP contribution in [0.4, 0.5) is 0 Å². The minimum absolute atomic E-state index is 0.0759. The molecule has 2 atom stereocenters. The van der Waals surface area contributed by atoms with Crippen LogP contribution in [0, 0.1) is 5.92 Å². The molecule has 0 radical (unpaired) electrons. The standard InChI is InChI=1S/C33H32N2O4/c1-33(2,3)24-15-13-23(14-16-24)27-19-28(27)31(36)35-34-20-21-12-17-29(30(18-21)38-4)39-32(37)26-11-7-9-22-8-5-6-10-25(22)26/h5-18,20,27-28H,19H2,1-4H3,(H,35,36)/b34-20+/t27-,28-/m1/s1. The van der Waals surface area contributed by atoms with E-state index < -0.39 is 5.97 Å². The highest BCUT2D eigenvalue weighted by Gasteiger charge is 2.44. The summed E-state index contributed by atoms with van der Waals surface area (Å²) < 4.78 is 11.1. The number of carbonyl (C=O) groups is 2. The van der Waals surface area contributed by atoms with Gasteiger partial charge in [0.25, 0.3) is 0 Å². The fourth-order valence-electron chi connectivity index (χ4n) is 4.74. The number of ether oxygens (including phenoxy) is 2. The Labute approximate surface area is 228 Å². The number of nitrogens with zero attached hydrogens (tertiary/aromatic N) is 1. The van der Waals surface area contributed by atoms with Crippen LogP contribution in [0.1, 0.15) is 60.2 Å². The van der Waals surface area contributed by atoms with E-state index in [0.717, 1.165) is 17.2 Å². The second-order valence-corrected chi connectivity index (χ2v) is 10.9. The molecule has 6 heteroatoms. The van der Waals surface area contributed by atoms with Crippen LogP contribution in [0.25, 0.3) is 10.8 Å². The number of hydrogen-bond acceptors (Lipinski definition) is 5. The molecule has 0 saturated heterocycles. The van der Waals surface area contributed by atoms with Gasteiger partial charge in [0.15, 0.2) is 11.5 Å². The molecule has 4 aromatic rings. The molecular formula is C33H32N2O4. The molecule has 4 aromatic carbocycles. The Morgan fingerprint density at radius 2 is 1.67 bits per heavy atom. The summed E-state index contributed by atoms with van der Waals surface area (Å²) in [7, 11) is 1.51. The van der Waals surface area contributed by atoms with Gasteiger partial charge in [-0.05, 0) is 69.5 Å². The Hall–Kier alpha value is -4.45. The van der Waals surface area contributed by atoms with Crippen molar-refractivity contribution in [3.8, 4) is 11.5 Å². The summed E-state index contributed by atoms with van der Waals surface area (Å²) in [5.41, 5.74) is 6.40. The van der Waals surface area contributed by atoms with Crippen LogP contribution in [0.2, 0.25) is 0 Å². The lowest BCUT2D eigenvalue weighted by atomic mass is 9.86. The smallest absolute Gasteiger partial charge is 0.344 e. The summed E-state index contributed by atoms with van der Waals surface area (Å²) in [5, 5.41) is 5.92. The first-order chi connectivity index (χ1) is 18.7. The van der Waals surface area contributed by atoms with Crippen LogP contribution in [0.15, 0.2) is 90.0 Å². The average Bonchev–Trinajstić information content (AvgIpc) is 3.74. The second-order valence-electron chi connectivity index (χ2n) is 10.9. The lowest BCUT2D eigenvalue weighted by Gasteiger charge is -2.19. The van der Waals surface area contributed by atoms with Crippen LogP contribution >= 0.6 is 0 Å². The summed E-state index contributed by atoms with van der Waals surface area (Å²) in [6.45, 7) is 6.57. The summed E-state index contributed by atoms with van der Waals surface area (Å²) in [4.78, 5) is 25.6. The van der Waals surface area contributed by atoms with Crippen LogP contribution < -0.4 is 14.9 Å². The number of nitrogens with one attached hydrogen (secondary N) is 1. The van der Waals surface area contributed by atoms with Crippen molar-refractivity contribution in [2.75, 3.05) is 7.11 Å². The van der Waals surface area contributed by atoms with Gasteiger partial charge >= 0.3 is 5.97 Å². The van der Waals surface area contributed by atoms with E-state index in [1.807, 2.05) is 36.4 Å². The van der Waals surface area contributed by atoms with Crippen LogP contribution in [0.3, 0.4) is 0 Å². The molecule has 198 valence electrons. The third-order valence-corrected chi connectivity index (χ3v) is 7.12. The highest BCUT2D eigenvalue weighted by atomic mass is 16.6. The first-order valence-electron chi connectivity index (χ1n) is 13.1. The highest BCUT2D eigenvalue weighted by molar-refractivity contribution is 6.05. The summed E-state index contributed by atoms with van der Waals surface area (Å²) in [5.74, 6) is 0.280. The summed E-state index contributed by atoms with van der Waals surface area (Å²) in [6.07, 6.45) is 2.37. The number of esters is 1. The van der Waals surface area contributed by atoms with E-state index in [1.165, 1.54) is 18.2 Å². The third-order valence-electron chi connectivity index (χ3n) is 7.12. The predicted octanol–water partition coefficient (Wildman–Crippen LogP) is 6.62. The molecular weight excluding hydrogens is 488 g/mol. The third kappa shape index (κ3) is 5.85. The van der Waals surface area contributed by atoms with E-state index in [-0.39, 0.29) is 23.2 Å². The molecule has 6 nitrogen and oxygen atoms in total. The lowest BCUT2D eigenvalue weighted by Crippen LogP contribution is -2.20. The van der Waals surface area contributed by atoms with Crippen molar-refractivity contribution in [1.29, 1.82) is 0 Å². The van der Waals surface area contributed by atoms with Gasteiger partial charge in [0.2, 0.25) is 5.91 Å². The molecule has 0 aromatic heterocycles. The number of fused-ring (bicyclic) bond motifs is 1. The molecule has 0 aliphatic heterocycles. The fourth-order valence-corrected chi connectivity index (χ4v) is 4.74. The second kappa shape index (κ2) is 10.7. The van der Waals surface area contributed by atoms with E-state index in [0.29, 0.717) is 22.6 Å². The van der Waals surface area contributed by atoms with Gasteiger partial charge in [-0.3, -0.25) is 4.79 Å². The molecule has 0 bridgehead atoms. The number of hydrogen-bond donors (Lipinski definition) is 1. The molecule has 1 amide bonds. The Morgan fingerprint density at radius 1 is 0.923 bits per heavy atom. The van der Waals surface area contributed by atoms with Gasteiger partial charge in [0.1, 0.15) is 0 Å². The van der Waals surface area contributed by atoms with Gasteiger partial charge in [0.05, 0.1) is 18.9 Å². The normalized spacial score (nSPS) is 16.7. The Balaban J connectivity index is 1.20. The molecule has 1 aliphatic carbocycles. The van der Waals surface area contributed by atoms with Gasteiger partial charge in [-0.25, -0.2) is 10.2 Å². The topological polar surface area (TPSA) is 77.0 Å².